The van der Waals surface area contributed by atoms with Crippen molar-refractivity contribution in [2.45, 2.75) is 59.4 Å². The SMILES string of the molecule is CCOC(=O)c1cn(-c2ccc(I)cc2)cc1N(C(=O)C1CCC(C)CC1)C(C)C. The second-order valence-corrected chi connectivity index (χ2v) is 9.67. The van der Waals surface area contributed by atoms with Crippen molar-refractivity contribution in [2.75, 3.05) is 11.5 Å². The number of benzene rings is 1. The molecule has 1 saturated carbocycles. The Kier molecular flexibility index (Phi) is 7.60. The van der Waals surface area contributed by atoms with Gasteiger partial charge in [0.1, 0.15) is 5.56 Å². The smallest absolute Gasteiger partial charge is 0.341 e. The van der Waals surface area contributed by atoms with E-state index in [4.69, 9.17) is 4.74 Å². The highest BCUT2D eigenvalue weighted by atomic mass is 127. The van der Waals surface area contributed by atoms with E-state index in [2.05, 4.69) is 29.5 Å². The van der Waals surface area contributed by atoms with E-state index in [1.807, 2.05) is 48.9 Å². The predicted octanol–water partition coefficient (Wildman–Crippen LogP) is 5.83. The van der Waals surface area contributed by atoms with Gasteiger partial charge in [-0.3, -0.25) is 4.79 Å². The average Bonchev–Trinajstić information content (AvgIpc) is 3.14. The van der Waals surface area contributed by atoms with Crippen LogP contribution in [-0.2, 0) is 9.53 Å². The molecule has 5 nitrogen and oxygen atoms in total. The number of nitrogens with zero attached hydrogens (tertiary/aromatic N) is 2. The zero-order valence-corrected chi connectivity index (χ0v) is 20.4. The van der Waals surface area contributed by atoms with Gasteiger partial charge in [0.05, 0.1) is 12.3 Å². The first-order valence-corrected chi connectivity index (χ1v) is 11.9. The van der Waals surface area contributed by atoms with E-state index in [0.29, 0.717) is 23.8 Å². The average molecular weight is 522 g/mol. The van der Waals surface area contributed by atoms with Crippen molar-refractivity contribution in [2.24, 2.45) is 11.8 Å². The molecule has 3 rings (SSSR count). The lowest BCUT2D eigenvalue weighted by molar-refractivity contribution is -0.123. The molecule has 0 unspecified atom stereocenters. The third kappa shape index (κ3) is 5.07. The summed E-state index contributed by atoms with van der Waals surface area (Å²) in [6, 6.07) is 8.00. The van der Waals surface area contributed by atoms with Gasteiger partial charge in [-0.25, -0.2) is 4.79 Å². The lowest BCUT2D eigenvalue weighted by atomic mass is 9.82. The second-order valence-electron chi connectivity index (χ2n) is 8.42. The number of carbonyl (C=O) groups is 2. The number of carbonyl (C=O) groups excluding carboxylic acids is 2. The van der Waals surface area contributed by atoms with Crippen LogP contribution in [-0.4, -0.2) is 29.1 Å². The van der Waals surface area contributed by atoms with Gasteiger partial charge in [-0.2, -0.15) is 0 Å². The molecule has 0 N–H and O–H groups in total. The van der Waals surface area contributed by atoms with Gasteiger partial charge in [-0.15, -0.1) is 0 Å². The highest BCUT2D eigenvalue weighted by Gasteiger charge is 2.33. The van der Waals surface area contributed by atoms with Crippen LogP contribution in [0.25, 0.3) is 5.69 Å². The fraction of sp³-hybridized carbons (Fsp3) is 0.500. The van der Waals surface area contributed by atoms with Crippen molar-refractivity contribution >= 4 is 40.2 Å². The largest absolute Gasteiger partial charge is 0.462 e. The molecule has 1 aliphatic carbocycles. The summed E-state index contributed by atoms with van der Waals surface area (Å²) in [4.78, 5) is 28.1. The summed E-state index contributed by atoms with van der Waals surface area (Å²) < 4.78 is 8.36. The highest BCUT2D eigenvalue weighted by molar-refractivity contribution is 14.1. The number of halogens is 1. The highest BCUT2D eigenvalue weighted by Crippen LogP contribution is 2.34. The molecule has 0 bridgehead atoms. The number of amides is 1. The summed E-state index contributed by atoms with van der Waals surface area (Å²) in [6.45, 7) is 8.34. The van der Waals surface area contributed by atoms with Gasteiger partial charge in [-0.05, 0) is 99.2 Å². The van der Waals surface area contributed by atoms with E-state index in [9.17, 15) is 9.59 Å². The first kappa shape index (κ1) is 22.8. The number of anilines is 1. The van der Waals surface area contributed by atoms with Crippen molar-refractivity contribution in [3.05, 3.63) is 45.8 Å². The molecular weight excluding hydrogens is 491 g/mol. The van der Waals surface area contributed by atoms with Crippen molar-refractivity contribution in [1.82, 2.24) is 4.57 Å². The van der Waals surface area contributed by atoms with E-state index in [1.54, 1.807) is 18.0 Å². The van der Waals surface area contributed by atoms with Crippen LogP contribution in [0.3, 0.4) is 0 Å². The summed E-state index contributed by atoms with van der Waals surface area (Å²) in [6.07, 6.45) is 7.65. The summed E-state index contributed by atoms with van der Waals surface area (Å²) in [5, 5.41) is 0. The molecule has 6 heteroatoms. The number of aromatic nitrogens is 1. The molecule has 2 aromatic rings. The predicted molar refractivity (Wildman–Crippen MR) is 128 cm³/mol. The van der Waals surface area contributed by atoms with Crippen LogP contribution < -0.4 is 4.90 Å². The maximum atomic E-state index is 13.5. The quantitative estimate of drug-likeness (QED) is 0.355. The van der Waals surface area contributed by atoms with Gasteiger partial charge >= 0.3 is 5.97 Å². The van der Waals surface area contributed by atoms with E-state index >= 15 is 0 Å². The summed E-state index contributed by atoms with van der Waals surface area (Å²) in [7, 11) is 0. The monoisotopic (exact) mass is 522 g/mol. The maximum Gasteiger partial charge on any atom is 0.341 e. The first-order chi connectivity index (χ1) is 14.3. The molecule has 1 amide bonds. The molecule has 0 saturated heterocycles. The Labute approximate surface area is 192 Å². The van der Waals surface area contributed by atoms with Gasteiger partial charge in [0.15, 0.2) is 0 Å². The van der Waals surface area contributed by atoms with Crippen LogP contribution >= 0.6 is 22.6 Å². The summed E-state index contributed by atoms with van der Waals surface area (Å²) >= 11 is 2.27. The molecular formula is C24H31IN2O3. The Morgan fingerprint density at radius 3 is 2.33 bits per heavy atom. The van der Waals surface area contributed by atoms with Crippen LogP contribution in [0.2, 0.25) is 0 Å². The molecule has 30 heavy (non-hydrogen) atoms. The Morgan fingerprint density at radius 2 is 1.77 bits per heavy atom. The Hall–Kier alpha value is -1.83. The normalized spacial score (nSPS) is 19.0. The third-order valence-corrected chi connectivity index (χ3v) is 6.52. The topological polar surface area (TPSA) is 51.5 Å². The molecule has 0 radical (unpaired) electrons. The van der Waals surface area contributed by atoms with Crippen LogP contribution in [0.4, 0.5) is 5.69 Å². The standard InChI is InChI=1S/C24H31IN2O3/c1-5-30-24(29)21-14-26(20-12-10-19(25)11-13-20)15-22(21)27(16(2)3)23(28)18-8-6-17(4)7-9-18/h10-18H,5-9H2,1-4H3. The number of hydrogen-bond acceptors (Lipinski definition) is 3. The molecule has 1 fully saturated rings. The zero-order chi connectivity index (χ0) is 21.8. The number of esters is 1. The maximum absolute atomic E-state index is 13.5. The van der Waals surface area contributed by atoms with Crippen molar-refractivity contribution < 1.29 is 14.3 Å². The number of ether oxygens (including phenoxy) is 1. The van der Waals surface area contributed by atoms with Gasteiger partial charge in [-0.1, -0.05) is 6.92 Å². The molecule has 1 aliphatic rings. The van der Waals surface area contributed by atoms with Crippen LogP contribution in [0.5, 0.6) is 0 Å². The lowest BCUT2D eigenvalue weighted by Gasteiger charge is -2.33. The molecule has 0 aliphatic heterocycles. The van der Waals surface area contributed by atoms with Crippen LogP contribution in [0.1, 0.15) is 63.7 Å². The van der Waals surface area contributed by atoms with Gasteiger partial charge in [0.25, 0.3) is 0 Å². The summed E-state index contributed by atoms with van der Waals surface area (Å²) in [5.41, 5.74) is 2.00. The van der Waals surface area contributed by atoms with E-state index < -0.39 is 5.97 Å². The molecule has 0 spiro atoms. The van der Waals surface area contributed by atoms with E-state index in [-0.39, 0.29) is 17.9 Å². The van der Waals surface area contributed by atoms with Gasteiger partial charge in [0.2, 0.25) is 5.91 Å². The first-order valence-electron chi connectivity index (χ1n) is 10.8. The lowest BCUT2D eigenvalue weighted by Crippen LogP contribution is -2.42. The Bertz CT molecular complexity index is 880. The van der Waals surface area contributed by atoms with Crippen LogP contribution in [0, 0.1) is 15.4 Å². The van der Waals surface area contributed by atoms with Gasteiger partial charge < -0.3 is 14.2 Å². The minimum Gasteiger partial charge on any atom is -0.462 e. The minimum absolute atomic E-state index is 0.0142. The summed E-state index contributed by atoms with van der Waals surface area (Å²) in [5.74, 6) is 0.411. The minimum atomic E-state index is -0.396. The van der Waals surface area contributed by atoms with Crippen molar-refractivity contribution in [3.63, 3.8) is 0 Å². The molecule has 0 atom stereocenters. The molecule has 1 heterocycles. The van der Waals surface area contributed by atoms with Gasteiger partial charge in [0, 0.05) is 33.6 Å². The molecule has 162 valence electrons. The fourth-order valence-corrected chi connectivity index (χ4v) is 4.48. The van der Waals surface area contributed by atoms with Crippen molar-refractivity contribution in [1.29, 1.82) is 0 Å². The van der Waals surface area contributed by atoms with E-state index in [1.165, 1.54) is 0 Å². The second kappa shape index (κ2) is 9.98. The number of hydrogen-bond donors (Lipinski definition) is 0. The molecule has 1 aromatic heterocycles. The zero-order valence-electron chi connectivity index (χ0n) is 18.2. The van der Waals surface area contributed by atoms with E-state index in [0.717, 1.165) is 34.9 Å². The third-order valence-electron chi connectivity index (χ3n) is 5.80. The Morgan fingerprint density at radius 1 is 1.13 bits per heavy atom. The fourth-order valence-electron chi connectivity index (χ4n) is 4.12. The van der Waals surface area contributed by atoms with Crippen molar-refractivity contribution in [3.8, 4) is 5.69 Å². The Balaban J connectivity index is 2.01. The molecule has 1 aromatic carbocycles. The number of rotatable bonds is 6. The van der Waals surface area contributed by atoms with Crippen LogP contribution in [0.15, 0.2) is 36.7 Å².